The first-order valence-corrected chi connectivity index (χ1v) is 9.09. The lowest BCUT2D eigenvalue weighted by atomic mass is 10.0. The first-order valence-electron chi connectivity index (χ1n) is 9.09. The molecule has 1 atom stereocenters. The van der Waals surface area contributed by atoms with Gasteiger partial charge in [-0.25, -0.2) is 9.78 Å². The Morgan fingerprint density at radius 3 is 2.74 bits per heavy atom. The average Bonchev–Trinajstić information content (AvgIpc) is 3.19. The van der Waals surface area contributed by atoms with Crippen LogP contribution >= 0.6 is 0 Å². The van der Waals surface area contributed by atoms with Crippen LogP contribution in [0.1, 0.15) is 41.9 Å². The Kier molecular flexibility index (Phi) is 4.66. The molecule has 1 aromatic carbocycles. The molecule has 1 fully saturated rings. The minimum atomic E-state index is -0.412. The molecule has 3 aromatic rings. The zero-order chi connectivity index (χ0) is 18.8. The van der Waals surface area contributed by atoms with Crippen molar-refractivity contribution in [2.45, 2.75) is 25.8 Å². The highest BCUT2D eigenvalue weighted by Crippen LogP contribution is 2.45. The molecule has 0 saturated heterocycles. The van der Waals surface area contributed by atoms with Crippen LogP contribution in [0.3, 0.4) is 0 Å². The number of esters is 1. The van der Waals surface area contributed by atoms with E-state index in [-0.39, 0.29) is 6.04 Å². The molecular weight excluding hydrogens is 344 g/mol. The number of nitrogens with one attached hydrogen (secondary N) is 1. The summed E-state index contributed by atoms with van der Waals surface area (Å²) < 4.78 is 12.6. The average molecular weight is 366 g/mol. The highest BCUT2D eigenvalue weighted by atomic mass is 16.5. The van der Waals surface area contributed by atoms with Crippen molar-refractivity contribution in [3.05, 3.63) is 54.2 Å². The van der Waals surface area contributed by atoms with Crippen molar-refractivity contribution in [1.29, 1.82) is 0 Å². The molecule has 1 aliphatic carbocycles. The summed E-state index contributed by atoms with van der Waals surface area (Å²) in [6.07, 6.45) is 7.59. The number of benzene rings is 1. The van der Waals surface area contributed by atoms with E-state index in [1.807, 2.05) is 18.5 Å². The molecule has 2 aromatic heterocycles. The van der Waals surface area contributed by atoms with Gasteiger partial charge in [-0.3, -0.25) is 5.10 Å². The van der Waals surface area contributed by atoms with E-state index in [2.05, 4.69) is 31.9 Å². The van der Waals surface area contributed by atoms with Crippen LogP contribution in [0.2, 0.25) is 0 Å². The second-order valence-electron chi connectivity index (χ2n) is 6.62. The minimum absolute atomic E-state index is 0.151. The molecule has 1 unspecified atom stereocenters. The zero-order valence-electron chi connectivity index (χ0n) is 15.4. The van der Waals surface area contributed by atoms with Crippen LogP contribution in [0.4, 0.5) is 0 Å². The van der Waals surface area contributed by atoms with E-state index in [0.717, 1.165) is 11.4 Å². The van der Waals surface area contributed by atoms with Gasteiger partial charge in [0.2, 0.25) is 0 Å². The van der Waals surface area contributed by atoms with Crippen molar-refractivity contribution in [1.82, 2.24) is 19.7 Å². The zero-order valence-corrected chi connectivity index (χ0v) is 15.4. The molecule has 0 bridgehead atoms. The SMILES string of the molecule is CCOC(=O)c1[nH]ncc1-c1cncn1C(c1ccc(OC)cc1)C1CC1. The number of hydrogen-bond donors (Lipinski definition) is 1. The summed E-state index contributed by atoms with van der Waals surface area (Å²) in [5, 5.41) is 6.82. The maximum atomic E-state index is 12.3. The molecule has 0 aliphatic heterocycles. The van der Waals surface area contributed by atoms with Crippen molar-refractivity contribution in [3.8, 4) is 17.0 Å². The molecule has 0 amide bonds. The van der Waals surface area contributed by atoms with Gasteiger partial charge in [0.15, 0.2) is 5.69 Å². The molecule has 27 heavy (non-hydrogen) atoms. The topological polar surface area (TPSA) is 82.0 Å². The van der Waals surface area contributed by atoms with Gasteiger partial charge in [0.05, 0.1) is 49.7 Å². The van der Waals surface area contributed by atoms with Gasteiger partial charge >= 0.3 is 5.97 Å². The Morgan fingerprint density at radius 2 is 2.07 bits per heavy atom. The van der Waals surface area contributed by atoms with Crippen LogP contribution in [0.25, 0.3) is 11.3 Å². The number of ether oxygens (including phenoxy) is 2. The van der Waals surface area contributed by atoms with Gasteiger partial charge in [0, 0.05) is 0 Å². The monoisotopic (exact) mass is 366 g/mol. The standard InChI is InChI=1S/C20H22N4O3/c1-3-27-20(25)18-16(10-22-23-18)17-11-21-12-24(17)19(13-4-5-13)14-6-8-15(26-2)9-7-14/h6-13,19H,3-5H2,1-2H3,(H,22,23). The number of imidazole rings is 1. The molecule has 2 heterocycles. The van der Waals surface area contributed by atoms with Crippen LogP contribution in [0.15, 0.2) is 43.0 Å². The highest BCUT2D eigenvalue weighted by molar-refractivity contribution is 5.94. The summed E-state index contributed by atoms with van der Waals surface area (Å²) in [4.78, 5) is 16.6. The Hall–Kier alpha value is -3.09. The van der Waals surface area contributed by atoms with E-state index in [4.69, 9.17) is 9.47 Å². The van der Waals surface area contributed by atoms with Crippen LogP contribution in [-0.4, -0.2) is 39.4 Å². The molecule has 1 N–H and O–H groups in total. The van der Waals surface area contributed by atoms with E-state index >= 15 is 0 Å². The summed E-state index contributed by atoms with van der Waals surface area (Å²) in [6.45, 7) is 2.10. The van der Waals surface area contributed by atoms with Gasteiger partial charge < -0.3 is 14.0 Å². The maximum absolute atomic E-state index is 12.3. The third-order valence-electron chi connectivity index (χ3n) is 4.89. The number of hydrogen-bond acceptors (Lipinski definition) is 5. The fourth-order valence-corrected chi connectivity index (χ4v) is 3.45. The highest BCUT2D eigenvalue weighted by Gasteiger charge is 2.35. The minimum Gasteiger partial charge on any atom is -0.497 e. The van der Waals surface area contributed by atoms with Crippen LogP contribution in [0.5, 0.6) is 5.75 Å². The number of H-pyrrole nitrogens is 1. The molecule has 1 saturated carbocycles. The molecule has 1 aliphatic rings. The summed E-state index contributed by atoms with van der Waals surface area (Å²) in [7, 11) is 1.66. The van der Waals surface area contributed by atoms with Crippen molar-refractivity contribution >= 4 is 5.97 Å². The number of carbonyl (C=O) groups is 1. The van der Waals surface area contributed by atoms with E-state index < -0.39 is 5.97 Å². The number of aromatic nitrogens is 4. The molecule has 140 valence electrons. The first kappa shape index (κ1) is 17.3. The van der Waals surface area contributed by atoms with Gasteiger partial charge in [-0.2, -0.15) is 5.10 Å². The summed E-state index contributed by atoms with van der Waals surface area (Å²) in [6, 6.07) is 8.28. The van der Waals surface area contributed by atoms with Gasteiger partial charge in [0.25, 0.3) is 0 Å². The van der Waals surface area contributed by atoms with Crippen LogP contribution < -0.4 is 4.74 Å². The van der Waals surface area contributed by atoms with Gasteiger partial charge in [-0.05, 0) is 43.4 Å². The summed E-state index contributed by atoms with van der Waals surface area (Å²) in [5.74, 6) is 0.966. The smallest absolute Gasteiger partial charge is 0.357 e. The number of aromatic amines is 1. The Labute approximate surface area is 157 Å². The summed E-state index contributed by atoms with van der Waals surface area (Å²) >= 11 is 0. The van der Waals surface area contributed by atoms with Crippen molar-refractivity contribution in [2.24, 2.45) is 5.92 Å². The lowest BCUT2D eigenvalue weighted by Gasteiger charge is -2.21. The fourth-order valence-electron chi connectivity index (χ4n) is 3.45. The van der Waals surface area contributed by atoms with E-state index in [1.54, 1.807) is 26.4 Å². The lowest BCUT2D eigenvalue weighted by Crippen LogP contribution is -2.14. The fraction of sp³-hybridized carbons (Fsp3) is 0.350. The largest absolute Gasteiger partial charge is 0.497 e. The van der Waals surface area contributed by atoms with E-state index in [1.165, 1.54) is 18.4 Å². The molecule has 7 heteroatoms. The van der Waals surface area contributed by atoms with E-state index in [0.29, 0.717) is 23.8 Å². The van der Waals surface area contributed by atoms with Crippen molar-refractivity contribution < 1.29 is 14.3 Å². The third kappa shape index (κ3) is 3.32. The molecular formula is C20H22N4O3. The number of methoxy groups -OCH3 is 1. The number of carbonyl (C=O) groups excluding carboxylic acids is 1. The normalized spacial score (nSPS) is 14.7. The molecule has 7 nitrogen and oxygen atoms in total. The Balaban J connectivity index is 1.74. The third-order valence-corrected chi connectivity index (χ3v) is 4.89. The van der Waals surface area contributed by atoms with Crippen molar-refractivity contribution in [2.75, 3.05) is 13.7 Å². The van der Waals surface area contributed by atoms with Crippen LogP contribution in [-0.2, 0) is 4.74 Å². The number of nitrogens with zero attached hydrogens (tertiary/aromatic N) is 3. The van der Waals surface area contributed by atoms with Crippen molar-refractivity contribution in [3.63, 3.8) is 0 Å². The maximum Gasteiger partial charge on any atom is 0.357 e. The predicted molar refractivity (Wildman–Crippen MR) is 99.6 cm³/mol. The Morgan fingerprint density at radius 1 is 1.30 bits per heavy atom. The predicted octanol–water partition coefficient (Wildman–Crippen LogP) is 3.46. The Bertz CT molecular complexity index is 925. The summed E-state index contributed by atoms with van der Waals surface area (Å²) in [5.41, 5.74) is 3.09. The molecule has 0 radical (unpaired) electrons. The lowest BCUT2D eigenvalue weighted by molar-refractivity contribution is 0.0520. The van der Waals surface area contributed by atoms with Gasteiger partial charge in [-0.1, -0.05) is 12.1 Å². The van der Waals surface area contributed by atoms with E-state index in [9.17, 15) is 4.79 Å². The van der Waals surface area contributed by atoms with Gasteiger partial charge in [0.1, 0.15) is 5.75 Å². The second kappa shape index (κ2) is 7.26. The first-order chi connectivity index (χ1) is 13.2. The van der Waals surface area contributed by atoms with Gasteiger partial charge in [-0.15, -0.1) is 0 Å². The quantitative estimate of drug-likeness (QED) is 0.648. The second-order valence-corrected chi connectivity index (χ2v) is 6.62. The van der Waals surface area contributed by atoms with Crippen LogP contribution in [0, 0.1) is 5.92 Å². The molecule has 4 rings (SSSR count). The molecule has 0 spiro atoms. The number of rotatable bonds is 7.